The average Bonchev–Trinajstić information content (AvgIpc) is 3.44. The van der Waals surface area contributed by atoms with Crippen LogP contribution in [0.15, 0.2) is 84.9 Å². The van der Waals surface area contributed by atoms with Crippen LogP contribution < -0.4 is 26.2 Å². The maximum absolute atomic E-state index is 2.79. The molecule has 0 radical (unpaired) electrons. The van der Waals surface area contributed by atoms with Crippen molar-refractivity contribution in [3.8, 4) is 0 Å². The first-order valence-electron chi connectivity index (χ1n) is 22.5. The molecule has 2 aliphatic heterocycles. The zero-order valence-electron chi connectivity index (χ0n) is 39.5. The predicted molar refractivity (Wildman–Crippen MR) is 258 cm³/mol. The van der Waals surface area contributed by atoms with Crippen LogP contribution in [0.5, 0.6) is 0 Å². The second-order valence-electron chi connectivity index (χ2n) is 24.6. The molecule has 0 aromatic heterocycles. The van der Waals surface area contributed by atoms with E-state index in [2.05, 4.69) is 212 Å². The second-order valence-corrected chi connectivity index (χ2v) is 24.6. The summed E-state index contributed by atoms with van der Waals surface area (Å²) in [5, 5.41) is 0. The topological polar surface area (TPSA) is 6.48 Å². The monoisotopic (exact) mass is 781 g/mol. The lowest BCUT2D eigenvalue weighted by Gasteiger charge is -2.47. The highest BCUT2D eigenvalue weighted by Gasteiger charge is 2.53. The lowest BCUT2D eigenvalue weighted by atomic mass is 9.32. The van der Waals surface area contributed by atoms with Gasteiger partial charge in [0.1, 0.15) is 0 Å². The average molecular weight is 781 g/mol. The van der Waals surface area contributed by atoms with Crippen molar-refractivity contribution in [2.45, 2.75) is 168 Å². The molecule has 0 bridgehead atoms. The zero-order valence-corrected chi connectivity index (χ0v) is 39.5. The quantitative estimate of drug-likeness (QED) is 0.161. The standard InChI is InChI=1S/C56H69BN2/c1-50(2,3)34-24-27-36(28-25-34)58-41-29-26-35(51(4,5)6)30-39(41)57-40-31-38(52(7,8)9)46-47(56(16,17)33-55(46,14)15)49(40)59(44-23-19-22-43(58)48(44)57)42-21-18-20-37-45(42)54(12,13)32-53(37,10)11/h18-31H,32-33H2,1-17H3. The van der Waals surface area contributed by atoms with Gasteiger partial charge in [0.25, 0.3) is 6.71 Å². The summed E-state index contributed by atoms with van der Waals surface area (Å²) in [4.78, 5) is 5.38. The van der Waals surface area contributed by atoms with Gasteiger partial charge in [0.15, 0.2) is 0 Å². The molecule has 0 saturated carbocycles. The number of hydrogen-bond donors (Lipinski definition) is 0. The molecule has 2 heterocycles. The van der Waals surface area contributed by atoms with Crippen LogP contribution >= 0.6 is 0 Å². The molecule has 306 valence electrons. The van der Waals surface area contributed by atoms with Crippen LogP contribution in [-0.4, -0.2) is 6.71 Å². The highest BCUT2D eigenvalue weighted by molar-refractivity contribution is 7.00. The van der Waals surface area contributed by atoms with Crippen molar-refractivity contribution in [1.29, 1.82) is 0 Å². The van der Waals surface area contributed by atoms with Crippen molar-refractivity contribution >= 4 is 57.2 Å². The van der Waals surface area contributed by atoms with Crippen LogP contribution in [0.2, 0.25) is 0 Å². The van der Waals surface area contributed by atoms with Gasteiger partial charge in [0, 0.05) is 28.4 Å². The molecule has 3 heteroatoms. The summed E-state index contributed by atoms with van der Waals surface area (Å²) in [6.45, 7) is 41.4. The highest BCUT2D eigenvalue weighted by Crippen LogP contribution is 2.60. The van der Waals surface area contributed by atoms with Crippen LogP contribution in [0, 0.1) is 0 Å². The Kier molecular flexibility index (Phi) is 8.31. The summed E-state index contributed by atoms with van der Waals surface area (Å²) >= 11 is 0. The molecule has 59 heavy (non-hydrogen) atoms. The Morgan fingerprint density at radius 3 is 1.59 bits per heavy atom. The fourth-order valence-electron chi connectivity index (χ4n) is 12.7. The van der Waals surface area contributed by atoms with E-state index in [-0.39, 0.29) is 44.6 Å². The fraction of sp³-hybridized carbons (Fsp3) is 0.464. The number of nitrogens with zero attached hydrogens (tertiary/aromatic N) is 2. The number of rotatable bonds is 2. The van der Waals surface area contributed by atoms with Gasteiger partial charge in [0.2, 0.25) is 0 Å². The number of fused-ring (bicyclic) bond motifs is 7. The zero-order chi connectivity index (χ0) is 42.8. The normalized spacial score (nSPS) is 19.2. The third-order valence-electron chi connectivity index (χ3n) is 14.8. The van der Waals surface area contributed by atoms with Gasteiger partial charge in [-0.15, -0.1) is 0 Å². The van der Waals surface area contributed by atoms with Gasteiger partial charge in [-0.25, -0.2) is 0 Å². The van der Waals surface area contributed by atoms with Crippen LogP contribution in [0.4, 0.5) is 34.1 Å². The number of anilines is 6. The molecule has 0 unspecified atom stereocenters. The van der Waals surface area contributed by atoms with E-state index in [0.29, 0.717) is 0 Å². The molecule has 0 atom stereocenters. The summed E-state index contributed by atoms with van der Waals surface area (Å²) in [5.74, 6) is 0. The van der Waals surface area contributed by atoms with Gasteiger partial charge in [0.05, 0.1) is 5.69 Å². The summed E-state index contributed by atoms with van der Waals surface area (Å²) in [6.07, 6.45) is 2.25. The van der Waals surface area contributed by atoms with Gasteiger partial charge in [-0.3, -0.25) is 0 Å². The van der Waals surface area contributed by atoms with Crippen molar-refractivity contribution in [2.24, 2.45) is 0 Å². The van der Waals surface area contributed by atoms with Gasteiger partial charge in [-0.2, -0.15) is 0 Å². The Hall–Kier alpha value is -4.24. The second kappa shape index (κ2) is 12.2. The first kappa shape index (κ1) is 40.2. The molecule has 0 spiro atoms. The largest absolute Gasteiger partial charge is 0.311 e. The molecular formula is C56H69BN2. The predicted octanol–water partition coefficient (Wildman–Crippen LogP) is 13.6. The van der Waals surface area contributed by atoms with E-state index in [1.165, 1.54) is 78.3 Å². The maximum Gasteiger partial charge on any atom is 0.252 e. The molecule has 5 aromatic rings. The molecule has 2 nitrogen and oxygen atoms in total. The van der Waals surface area contributed by atoms with Crippen LogP contribution in [0.25, 0.3) is 0 Å². The molecule has 9 rings (SSSR count). The Bertz CT molecular complexity index is 2560. The third kappa shape index (κ3) is 5.86. The first-order chi connectivity index (χ1) is 27.2. The smallest absolute Gasteiger partial charge is 0.252 e. The maximum atomic E-state index is 2.79. The van der Waals surface area contributed by atoms with Crippen LogP contribution in [0.3, 0.4) is 0 Å². The van der Waals surface area contributed by atoms with Crippen LogP contribution in [0.1, 0.15) is 169 Å². The van der Waals surface area contributed by atoms with Crippen LogP contribution in [-0.2, 0) is 37.9 Å². The van der Waals surface area contributed by atoms with E-state index >= 15 is 0 Å². The van der Waals surface area contributed by atoms with Crippen molar-refractivity contribution in [3.05, 3.63) is 124 Å². The molecule has 0 fully saturated rings. The van der Waals surface area contributed by atoms with E-state index in [4.69, 9.17) is 0 Å². The molecular weight excluding hydrogens is 711 g/mol. The molecule has 0 amide bonds. The molecule has 0 N–H and O–H groups in total. The Labute approximate surface area is 357 Å². The Balaban J connectivity index is 1.46. The summed E-state index contributed by atoms with van der Waals surface area (Å²) in [7, 11) is 0. The van der Waals surface area contributed by atoms with E-state index in [9.17, 15) is 0 Å². The van der Waals surface area contributed by atoms with E-state index < -0.39 is 0 Å². The minimum absolute atomic E-state index is 0.00103. The summed E-state index contributed by atoms with van der Waals surface area (Å²) in [6, 6.07) is 34.0. The summed E-state index contributed by atoms with van der Waals surface area (Å²) in [5.41, 5.74) is 22.7. The molecule has 0 saturated heterocycles. The van der Waals surface area contributed by atoms with E-state index in [1.54, 1.807) is 11.1 Å². The van der Waals surface area contributed by atoms with Gasteiger partial charge < -0.3 is 9.80 Å². The van der Waals surface area contributed by atoms with Gasteiger partial charge >= 0.3 is 0 Å². The highest BCUT2D eigenvalue weighted by atomic mass is 15.2. The van der Waals surface area contributed by atoms with Crippen molar-refractivity contribution in [1.82, 2.24) is 0 Å². The number of hydrogen-bond acceptors (Lipinski definition) is 2. The van der Waals surface area contributed by atoms with E-state index in [1.807, 2.05) is 0 Å². The Morgan fingerprint density at radius 2 is 0.983 bits per heavy atom. The van der Waals surface area contributed by atoms with Crippen molar-refractivity contribution in [3.63, 3.8) is 0 Å². The third-order valence-corrected chi connectivity index (χ3v) is 14.8. The lowest BCUT2D eigenvalue weighted by molar-refractivity contribution is 0.399. The molecule has 4 aliphatic rings. The molecule has 2 aliphatic carbocycles. The SMILES string of the molecule is CC(C)(C)c1ccc(N2c3ccc(C(C)(C)C)cc3B3c4cc(C(C)(C)C)c5c(c4N(c4cccc6c4C(C)(C)CC6(C)C)c4cccc2c43)C(C)(C)CC5(C)C)cc1. The van der Waals surface area contributed by atoms with Gasteiger partial charge in [-0.05, 0) is 142 Å². The van der Waals surface area contributed by atoms with Gasteiger partial charge in [-0.1, -0.05) is 166 Å². The Morgan fingerprint density at radius 1 is 0.458 bits per heavy atom. The number of benzene rings is 5. The van der Waals surface area contributed by atoms with Crippen molar-refractivity contribution < 1.29 is 0 Å². The lowest BCUT2D eigenvalue weighted by Crippen LogP contribution is -2.62. The molecule has 5 aromatic carbocycles. The van der Waals surface area contributed by atoms with E-state index in [0.717, 1.165) is 12.8 Å². The summed E-state index contributed by atoms with van der Waals surface area (Å²) < 4.78 is 0. The van der Waals surface area contributed by atoms with Crippen molar-refractivity contribution in [2.75, 3.05) is 9.80 Å². The first-order valence-corrected chi connectivity index (χ1v) is 22.5. The fourth-order valence-corrected chi connectivity index (χ4v) is 12.7. The minimum atomic E-state index is -0.0347. The minimum Gasteiger partial charge on any atom is -0.311 e.